The van der Waals surface area contributed by atoms with E-state index in [-0.39, 0.29) is 18.6 Å². The number of carbonyl (C=O) groups is 2. The quantitative estimate of drug-likeness (QED) is 0.187. The molecule has 13 heteroatoms. The first kappa shape index (κ1) is 28.2. The van der Waals surface area contributed by atoms with Crippen molar-refractivity contribution in [1.82, 2.24) is 21.0 Å². The Morgan fingerprint density at radius 1 is 1.20 bits per heavy atom. The number of nitrogens with zero attached hydrogens (tertiary/aromatic N) is 4. The Balaban J connectivity index is 1.40. The number of aromatic nitrogens is 1. The summed E-state index contributed by atoms with van der Waals surface area (Å²) in [5.41, 5.74) is 2.29. The summed E-state index contributed by atoms with van der Waals surface area (Å²) in [5.74, 6) is -4.30. The van der Waals surface area contributed by atoms with Gasteiger partial charge in [0.05, 0.1) is 11.8 Å². The van der Waals surface area contributed by atoms with Gasteiger partial charge in [0.15, 0.2) is 5.76 Å². The summed E-state index contributed by atoms with van der Waals surface area (Å²) in [6, 6.07) is 9.04. The van der Waals surface area contributed by atoms with E-state index in [1.165, 1.54) is 17.5 Å². The molecule has 2 aliphatic rings. The second-order valence-electron chi connectivity index (χ2n) is 10.4. The maximum absolute atomic E-state index is 14.0. The number of benzene rings is 1. The van der Waals surface area contributed by atoms with Crippen LogP contribution in [-0.4, -0.2) is 47.2 Å². The fraction of sp³-hybridized carbons (Fsp3) is 0.393. The smallest absolute Gasteiger partial charge is 0.287 e. The molecule has 0 unspecified atom stereocenters. The fourth-order valence-corrected chi connectivity index (χ4v) is 5.72. The minimum atomic E-state index is -2.92. The number of fused-ring (bicyclic) bond motifs is 1. The predicted molar refractivity (Wildman–Crippen MR) is 152 cm³/mol. The van der Waals surface area contributed by atoms with E-state index in [2.05, 4.69) is 33.7 Å². The van der Waals surface area contributed by atoms with Gasteiger partial charge in [-0.2, -0.15) is 5.26 Å². The number of hydrogen-bond donors (Lipinski definition) is 3. The topological polar surface area (TPSA) is 136 Å². The zero-order valence-electron chi connectivity index (χ0n) is 22.6. The van der Waals surface area contributed by atoms with Crippen molar-refractivity contribution in [2.24, 2.45) is 4.99 Å². The Kier molecular flexibility index (Phi) is 7.29. The van der Waals surface area contributed by atoms with Crippen LogP contribution in [0.25, 0.3) is 22.2 Å². The van der Waals surface area contributed by atoms with E-state index in [4.69, 9.17) is 9.40 Å². The maximum Gasteiger partial charge on any atom is 0.287 e. The summed E-state index contributed by atoms with van der Waals surface area (Å²) in [7, 11) is 1.64. The summed E-state index contributed by atoms with van der Waals surface area (Å²) < 4.78 is 33.9. The molecule has 0 bridgehead atoms. The van der Waals surface area contributed by atoms with E-state index >= 15 is 0 Å². The van der Waals surface area contributed by atoms with E-state index in [1.807, 2.05) is 13.0 Å². The molecular weight excluding hydrogens is 552 g/mol. The van der Waals surface area contributed by atoms with Crippen molar-refractivity contribution in [2.45, 2.75) is 62.4 Å². The van der Waals surface area contributed by atoms with E-state index in [1.54, 1.807) is 36.6 Å². The Labute approximate surface area is 239 Å². The first-order valence-electron chi connectivity index (χ1n) is 13.1. The molecule has 41 heavy (non-hydrogen) atoms. The lowest BCUT2D eigenvalue weighted by Crippen LogP contribution is -2.62. The number of nitriles is 1. The predicted octanol–water partition coefficient (Wildman–Crippen LogP) is 4.83. The number of alkyl halides is 2. The monoisotopic (exact) mass is 581 g/mol. The summed E-state index contributed by atoms with van der Waals surface area (Å²) >= 11 is 1.45. The highest BCUT2D eigenvalue weighted by molar-refractivity contribution is 7.16. The van der Waals surface area contributed by atoms with Crippen LogP contribution >= 0.6 is 11.3 Å². The van der Waals surface area contributed by atoms with Crippen molar-refractivity contribution in [3.63, 3.8) is 0 Å². The zero-order chi connectivity index (χ0) is 29.4. The minimum absolute atomic E-state index is 0.0562. The first-order valence-corrected chi connectivity index (χ1v) is 13.9. The largest absolute Gasteiger partial charge is 0.451 e. The Bertz CT molecular complexity index is 1570. The molecule has 0 spiro atoms. The highest BCUT2D eigenvalue weighted by Crippen LogP contribution is 2.41. The molecule has 2 amide bonds. The molecule has 5 rings (SSSR count). The third-order valence-electron chi connectivity index (χ3n) is 7.41. The van der Waals surface area contributed by atoms with Gasteiger partial charge in [-0.15, -0.1) is 0 Å². The van der Waals surface area contributed by atoms with E-state index < -0.39 is 41.7 Å². The Hall–Kier alpha value is -4.31. The van der Waals surface area contributed by atoms with Crippen molar-refractivity contribution in [2.75, 3.05) is 12.1 Å². The molecule has 0 aliphatic heterocycles. The van der Waals surface area contributed by atoms with Crippen LogP contribution in [0.15, 0.2) is 46.5 Å². The number of anilines is 1. The van der Waals surface area contributed by atoms with Gasteiger partial charge >= 0.3 is 0 Å². The average Bonchev–Trinajstić information content (AvgIpc) is 3.40. The molecule has 10 nitrogen and oxygen atoms in total. The van der Waals surface area contributed by atoms with Crippen LogP contribution in [0.2, 0.25) is 0 Å². The number of carbonyl (C=O) groups excluding carboxylic acids is 2. The zero-order valence-corrected chi connectivity index (χ0v) is 23.4. The van der Waals surface area contributed by atoms with Crippen molar-refractivity contribution in [1.29, 1.82) is 5.26 Å². The van der Waals surface area contributed by atoms with Crippen molar-refractivity contribution in [3.8, 4) is 17.3 Å². The lowest BCUT2D eigenvalue weighted by molar-refractivity contribution is -0.133. The molecule has 1 aromatic carbocycles. The second-order valence-corrected chi connectivity index (χ2v) is 11.6. The summed E-state index contributed by atoms with van der Waals surface area (Å²) in [4.78, 5) is 36.3. The number of thiazole rings is 1. The number of aryl methyl sites for hydroxylation is 1. The van der Waals surface area contributed by atoms with Crippen LogP contribution < -0.4 is 21.1 Å². The molecule has 0 atom stereocenters. The lowest BCUT2D eigenvalue weighted by Gasteiger charge is -2.39. The first-order chi connectivity index (χ1) is 19.5. The van der Waals surface area contributed by atoms with Crippen LogP contribution in [0, 0.1) is 18.3 Å². The van der Waals surface area contributed by atoms with Crippen molar-refractivity contribution in [3.05, 3.63) is 47.7 Å². The summed E-state index contributed by atoms with van der Waals surface area (Å²) in [6.45, 7) is 5.61. The van der Waals surface area contributed by atoms with E-state index in [9.17, 15) is 23.6 Å². The van der Waals surface area contributed by atoms with E-state index in [0.29, 0.717) is 28.9 Å². The number of hydrazine groups is 1. The molecule has 2 aromatic heterocycles. The SMILES string of the molecule is C=CNN(C=NC)c1nc(-c2ccc3cc(C(=O)NC4(C(=O)NC5(C#N)CC5)CCC(F)(F)CC4)oc3c2)c(C)s1. The molecule has 2 fully saturated rings. The van der Waals surface area contributed by atoms with Crippen molar-refractivity contribution < 1.29 is 22.8 Å². The molecule has 214 valence electrons. The molecule has 2 aliphatic carbocycles. The standard InChI is InChI=1S/C28H29F2N7O3S/c1-4-33-37(16-32-3)25-34-22(17(2)41-25)19-6-5-18-13-21(40-20(18)14-19)23(38)35-27(9-11-28(29,30)12-10-27)24(39)36-26(15-31)7-8-26/h4-6,13-14,16,33H,1,7-12H2,2-3H3,(H,35,38)(H,36,39). The Morgan fingerprint density at radius 2 is 1.93 bits per heavy atom. The van der Waals surface area contributed by atoms with Gasteiger partial charge in [0.1, 0.15) is 23.0 Å². The summed E-state index contributed by atoms with van der Waals surface area (Å²) in [6.07, 6.45) is 2.44. The van der Waals surface area contributed by atoms with Crippen molar-refractivity contribution >= 4 is 45.6 Å². The van der Waals surface area contributed by atoms with Crippen LogP contribution in [-0.2, 0) is 4.79 Å². The molecule has 0 radical (unpaired) electrons. The molecule has 2 heterocycles. The van der Waals surface area contributed by atoms with E-state index in [0.717, 1.165) is 16.1 Å². The minimum Gasteiger partial charge on any atom is -0.451 e. The number of halogens is 2. The third-order valence-corrected chi connectivity index (χ3v) is 8.38. The van der Waals surface area contributed by atoms with Gasteiger partial charge < -0.3 is 15.1 Å². The highest BCUT2D eigenvalue weighted by Gasteiger charge is 2.53. The van der Waals surface area contributed by atoms with Gasteiger partial charge in [-0.3, -0.25) is 20.0 Å². The van der Waals surface area contributed by atoms with Gasteiger partial charge in [0, 0.05) is 41.9 Å². The average molecular weight is 582 g/mol. The number of rotatable bonds is 9. The van der Waals surface area contributed by atoms with Gasteiger partial charge in [-0.25, -0.2) is 18.8 Å². The van der Waals surface area contributed by atoms with Gasteiger partial charge in [0.25, 0.3) is 5.91 Å². The van der Waals surface area contributed by atoms with Crippen LogP contribution in [0.3, 0.4) is 0 Å². The molecule has 0 saturated heterocycles. The van der Waals surface area contributed by atoms with Gasteiger partial charge in [0.2, 0.25) is 17.0 Å². The number of amides is 2. The highest BCUT2D eigenvalue weighted by atomic mass is 32.1. The van der Waals surface area contributed by atoms with Crippen LogP contribution in [0.1, 0.15) is 54.0 Å². The number of furan rings is 1. The number of nitrogens with one attached hydrogen (secondary N) is 3. The lowest BCUT2D eigenvalue weighted by atomic mass is 9.78. The molecule has 3 N–H and O–H groups in total. The number of aliphatic imine (C=N–C) groups is 1. The summed E-state index contributed by atoms with van der Waals surface area (Å²) in [5, 5.41) is 17.7. The van der Waals surface area contributed by atoms with Gasteiger partial charge in [-0.05, 0) is 44.7 Å². The third kappa shape index (κ3) is 5.65. The molecular formula is C28H29F2N7O3S. The maximum atomic E-state index is 14.0. The second kappa shape index (κ2) is 10.6. The molecule has 2 saturated carbocycles. The molecule has 3 aromatic rings. The van der Waals surface area contributed by atoms with Crippen LogP contribution in [0.4, 0.5) is 13.9 Å². The fourth-order valence-electron chi connectivity index (χ4n) is 4.85. The van der Waals surface area contributed by atoms with Crippen LogP contribution in [0.5, 0.6) is 0 Å². The Morgan fingerprint density at radius 3 is 2.56 bits per heavy atom. The normalized spacial score (nSPS) is 18.4. The number of hydrogen-bond acceptors (Lipinski definition) is 8. The van der Waals surface area contributed by atoms with Gasteiger partial charge in [-0.1, -0.05) is 30.0 Å².